The fraction of sp³-hybridized carbons (Fsp3) is 0.286. The number of hydrogen-bond acceptors (Lipinski definition) is 6. The fourth-order valence-electron chi connectivity index (χ4n) is 2.70. The molecule has 1 atom stereocenters. The highest BCUT2D eigenvalue weighted by atomic mass is 32.2. The van der Waals surface area contributed by atoms with Crippen molar-refractivity contribution in [1.29, 1.82) is 0 Å². The maximum Gasteiger partial charge on any atom is 0.239 e. The molecule has 1 fully saturated rings. The van der Waals surface area contributed by atoms with Crippen LogP contribution in [0.3, 0.4) is 0 Å². The van der Waals surface area contributed by atoms with Gasteiger partial charge in [-0.1, -0.05) is 36.0 Å². The standard InChI is InChI=1S/C21H24N4O2S/c1-4-27-18-11-7-15(8-12-18)13-19-20(26)23-21(28-19)24-22-14-16-5-9-17(10-6-16)25(2)3/h5-12,14,19H,4,13H2,1-3H3,(H,23,24,26)/b22-14-/t19-/m1/s1. The zero-order valence-electron chi connectivity index (χ0n) is 16.3. The predicted octanol–water partition coefficient (Wildman–Crippen LogP) is 3.32. The molecule has 3 rings (SSSR count). The van der Waals surface area contributed by atoms with Gasteiger partial charge in [-0.05, 0) is 48.7 Å². The van der Waals surface area contributed by atoms with E-state index < -0.39 is 0 Å². The number of rotatable bonds is 7. The van der Waals surface area contributed by atoms with Gasteiger partial charge in [-0.2, -0.15) is 5.10 Å². The maximum absolute atomic E-state index is 12.2. The number of anilines is 1. The lowest BCUT2D eigenvalue weighted by Crippen LogP contribution is -2.25. The lowest BCUT2D eigenvalue weighted by molar-refractivity contribution is -0.118. The van der Waals surface area contributed by atoms with Crippen LogP contribution in [-0.2, 0) is 11.2 Å². The number of nitrogens with zero attached hydrogens (tertiary/aromatic N) is 3. The Morgan fingerprint density at radius 3 is 2.50 bits per heavy atom. The molecule has 1 saturated heterocycles. The van der Waals surface area contributed by atoms with E-state index in [-0.39, 0.29) is 11.2 Å². The van der Waals surface area contributed by atoms with Crippen molar-refractivity contribution in [1.82, 2.24) is 5.32 Å². The largest absolute Gasteiger partial charge is 0.494 e. The first kappa shape index (κ1) is 19.9. The number of hydrogen-bond donors (Lipinski definition) is 1. The smallest absolute Gasteiger partial charge is 0.239 e. The van der Waals surface area contributed by atoms with Crippen molar-refractivity contribution in [3.05, 3.63) is 59.7 Å². The topological polar surface area (TPSA) is 66.3 Å². The van der Waals surface area contributed by atoms with Gasteiger partial charge in [-0.25, -0.2) is 0 Å². The summed E-state index contributed by atoms with van der Waals surface area (Å²) >= 11 is 1.41. The van der Waals surface area contributed by atoms with Gasteiger partial charge in [-0.3, -0.25) is 4.79 Å². The SMILES string of the molecule is CCOc1ccc(C[C@H]2S/C(=N/N=C\c3ccc(N(C)C)cc3)NC2=O)cc1. The molecule has 1 amide bonds. The summed E-state index contributed by atoms with van der Waals surface area (Å²) in [4.78, 5) is 14.2. The highest BCUT2D eigenvalue weighted by molar-refractivity contribution is 8.15. The summed E-state index contributed by atoms with van der Waals surface area (Å²) in [6.45, 7) is 2.59. The third-order valence-electron chi connectivity index (χ3n) is 4.20. The Balaban J connectivity index is 1.57. The molecule has 6 nitrogen and oxygen atoms in total. The lowest BCUT2D eigenvalue weighted by Gasteiger charge is -2.11. The zero-order chi connectivity index (χ0) is 19.9. The van der Waals surface area contributed by atoms with Gasteiger partial charge in [-0.15, -0.1) is 5.10 Å². The summed E-state index contributed by atoms with van der Waals surface area (Å²) in [5.41, 5.74) is 3.16. The molecule has 1 aliphatic rings. The van der Waals surface area contributed by atoms with E-state index in [9.17, 15) is 4.79 Å². The van der Waals surface area contributed by atoms with E-state index in [1.54, 1.807) is 6.21 Å². The molecule has 0 aromatic heterocycles. The Kier molecular flexibility index (Phi) is 6.71. The molecule has 0 bridgehead atoms. The van der Waals surface area contributed by atoms with Crippen molar-refractivity contribution in [2.75, 3.05) is 25.6 Å². The van der Waals surface area contributed by atoms with Gasteiger partial charge < -0.3 is 15.0 Å². The van der Waals surface area contributed by atoms with Crippen LogP contribution in [0.2, 0.25) is 0 Å². The second-order valence-electron chi connectivity index (χ2n) is 6.51. The molecule has 7 heteroatoms. The van der Waals surface area contributed by atoms with Crippen molar-refractivity contribution in [3.63, 3.8) is 0 Å². The van der Waals surface area contributed by atoms with Crippen molar-refractivity contribution >= 4 is 34.7 Å². The van der Waals surface area contributed by atoms with Crippen LogP contribution in [-0.4, -0.2) is 43.2 Å². The van der Waals surface area contributed by atoms with Crippen LogP contribution in [0.5, 0.6) is 5.75 Å². The van der Waals surface area contributed by atoms with E-state index in [0.717, 1.165) is 22.6 Å². The molecular formula is C21H24N4O2S. The van der Waals surface area contributed by atoms with Crippen LogP contribution in [0.15, 0.2) is 58.7 Å². The summed E-state index contributed by atoms with van der Waals surface area (Å²) in [5, 5.41) is 11.4. The molecule has 0 spiro atoms. The van der Waals surface area contributed by atoms with Crippen LogP contribution in [0, 0.1) is 0 Å². The molecule has 2 aromatic carbocycles. The first-order chi connectivity index (χ1) is 13.5. The maximum atomic E-state index is 12.2. The van der Waals surface area contributed by atoms with Crippen molar-refractivity contribution in [3.8, 4) is 5.75 Å². The van der Waals surface area contributed by atoms with Crippen LogP contribution in [0.25, 0.3) is 0 Å². The minimum Gasteiger partial charge on any atom is -0.494 e. The summed E-state index contributed by atoms with van der Waals surface area (Å²) in [6, 6.07) is 15.8. The van der Waals surface area contributed by atoms with Crippen LogP contribution in [0.4, 0.5) is 5.69 Å². The monoisotopic (exact) mass is 396 g/mol. The van der Waals surface area contributed by atoms with Gasteiger partial charge in [0.25, 0.3) is 0 Å². The van der Waals surface area contributed by atoms with Gasteiger partial charge in [0, 0.05) is 19.8 Å². The van der Waals surface area contributed by atoms with E-state index in [4.69, 9.17) is 4.74 Å². The molecule has 28 heavy (non-hydrogen) atoms. The Morgan fingerprint density at radius 1 is 1.14 bits per heavy atom. The summed E-state index contributed by atoms with van der Waals surface area (Å²) in [5.74, 6) is 0.799. The Bertz CT molecular complexity index is 861. The summed E-state index contributed by atoms with van der Waals surface area (Å²) < 4.78 is 5.45. The minimum atomic E-state index is -0.203. The molecule has 146 valence electrons. The van der Waals surface area contributed by atoms with Crippen molar-refractivity contribution in [2.24, 2.45) is 10.2 Å². The minimum absolute atomic E-state index is 0.0387. The highest BCUT2D eigenvalue weighted by Gasteiger charge is 2.30. The van der Waals surface area contributed by atoms with Gasteiger partial charge in [0.1, 0.15) is 5.75 Å². The second kappa shape index (κ2) is 9.41. The molecule has 2 aromatic rings. The molecule has 1 heterocycles. The van der Waals surface area contributed by atoms with Crippen molar-refractivity contribution in [2.45, 2.75) is 18.6 Å². The van der Waals surface area contributed by atoms with E-state index in [2.05, 4.69) is 15.5 Å². The molecule has 0 radical (unpaired) electrons. The Morgan fingerprint density at radius 2 is 1.86 bits per heavy atom. The number of carbonyl (C=O) groups is 1. The normalized spacial score (nSPS) is 17.9. The highest BCUT2D eigenvalue weighted by Crippen LogP contribution is 2.24. The van der Waals surface area contributed by atoms with Gasteiger partial charge in [0.05, 0.1) is 18.1 Å². The van der Waals surface area contributed by atoms with E-state index in [1.165, 1.54) is 11.8 Å². The van der Waals surface area contributed by atoms with E-state index >= 15 is 0 Å². The third kappa shape index (κ3) is 5.36. The number of nitrogens with one attached hydrogen (secondary N) is 1. The van der Waals surface area contributed by atoms with Gasteiger partial charge >= 0.3 is 0 Å². The molecule has 0 aliphatic carbocycles. The third-order valence-corrected chi connectivity index (χ3v) is 5.27. The molecule has 1 aliphatic heterocycles. The Hall–Kier alpha value is -2.80. The number of benzene rings is 2. The molecule has 0 saturated carbocycles. The average molecular weight is 397 g/mol. The molecule has 0 unspecified atom stereocenters. The van der Waals surface area contributed by atoms with Crippen LogP contribution in [0.1, 0.15) is 18.1 Å². The summed E-state index contributed by atoms with van der Waals surface area (Å²) in [7, 11) is 4.00. The van der Waals surface area contributed by atoms with E-state index in [1.807, 2.05) is 74.4 Å². The number of amidine groups is 1. The molecular weight excluding hydrogens is 372 g/mol. The van der Waals surface area contributed by atoms with Crippen LogP contribution >= 0.6 is 11.8 Å². The van der Waals surface area contributed by atoms with Crippen molar-refractivity contribution < 1.29 is 9.53 Å². The fourth-order valence-corrected chi connectivity index (χ4v) is 3.66. The quantitative estimate of drug-likeness (QED) is 0.576. The molecule has 1 N–H and O–H groups in total. The van der Waals surface area contributed by atoms with Gasteiger partial charge in [0.2, 0.25) is 5.91 Å². The number of thioether (sulfide) groups is 1. The van der Waals surface area contributed by atoms with E-state index in [0.29, 0.717) is 18.2 Å². The number of amides is 1. The lowest BCUT2D eigenvalue weighted by atomic mass is 10.1. The second-order valence-corrected chi connectivity index (χ2v) is 7.70. The number of ether oxygens (including phenoxy) is 1. The first-order valence-corrected chi connectivity index (χ1v) is 10.0. The van der Waals surface area contributed by atoms with Crippen LogP contribution < -0.4 is 15.0 Å². The zero-order valence-corrected chi connectivity index (χ0v) is 17.1. The predicted molar refractivity (Wildman–Crippen MR) is 117 cm³/mol. The van der Waals surface area contributed by atoms with Gasteiger partial charge in [0.15, 0.2) is 5.17 Å². The summed E-state index contributed by atoms with van der Waals surface area (Å²) in [6.07, 6.45) is 2.32. The Labute approximate surface area is 169 Å². The first-order valence-electron chi connectivity index (χ1n) is 9.13. The average Bonchev–Trinajstić information content (AvgIpc) is 3.03. The number of carbonyl (C=O) groups excluding carboxylic acids is 1.